The number of phenols is 2. The zero-order valence-corrected chi connectivity index (χ0v) is 10.0. The van der Waals surface area contributed by atoms with Crippen LogP contribution in [0.4, 0.5) is 0 Å². The molecule has 2 aromatic rings. The summed E-state index contributed by atoms with van der Waals surface area (Å²) in [5.74, 6) is 0.131. The number of nitrogens with one attached hydrogen (secondary N) is 1. The first-order valence-electron chi connectivity index (χ1n) is 5.68. The van der Waals surface area contributed by atoms with Crippen molar-refractivity contribution in [3.63, 3.8) is 0 Å². The Morgan fingerprint density at radius 3 is 2.78 bits per heavy atom. The summed E-state index contributed by atoms with van der Waals surface area (Å²) in [5, 5.41) is 29.9. The molecule has 0 bridgehead atoms. The SMILES string of the molecule is CC(NCc1cccnn1)c1ccc(O)cc1O. The minimum absolute atomic E-state index is 0.0485. The van der Waals surface area contributed by atoms with E-state index in [9.17, 15) is 10.2 Å². The molecule has 1 aromatic carbocycles. The van der Waals surface area contributed by atoms with Gasteiger partial charge in [0.2, 0.25) is 0 Å². The topological polar surface area (TPSA) is 78.3 Å². The predicted molar refractivity (Wildman–Crippen MR) is 67.1 cm³/mol. The molecule has 5 nitrogen and oxygen atoms in total. The van der Waals surface area contributed by atoms with Crippen LogP contribution in [0, 0.1) is 0 Å². The number of benzene rings is 1. The Labute approximate surface area is 105 Å². The van der Waals surface area contributed by atoms with E-state index in [1.54, 1.807) is 18.3 Å². The van der Waals surface area contributed by atoms with Crippen LogP contribution in [-0.4, -0.2) is 20.4 Å². The van der Waals surface area contributed by atoms with Gasteiger partial charge in [-0.25, -0.2) is 0 Å². The van der Waals surface area contributed by atoms with E-state index in [4.69, 9.17) is 0 Å². The molecule has 1 heterocycles. The van der Waals surface area contributed by atoms with Crippen molar-refractivity contribution in [3.8, 4) is 11.5 Å². The second kappa shape index (κ2) is 5.46. The van der Waals surface area contributed by atoms with E-state index in [0.29, 0.717) is 6.54 Å². The smallest absolute Gasteiger partial charge is 0.124 e. The lowest BCUT2D eigenvalue weighted by Gasteiger charge is -2.15. The normalized spacial score (nSPS) is 12.3. The summed E-state index contributed by atoms with van der Waals surface area (Å²) < 4.78 is 0. The van der Waals surface area contributed by atoms with Gasteiger partial charge in [-0.05, 0) is 25.1 Å². The third-order valence-electron chi connectivity index (χ3n) is 2.70. The number of hydrogen-bond acceptors (Lipinski definition) is 5. The Balaban J connectivity index is 2.01. The standard InChI is InChI=1S/C13H15N3O2/c1-9(12-5-4-11(17)7-13(12)18)14-8-10-3-2-6-15-16-10/h2-7,9,14,17-18H,8H2,1H3. The van der Waals surface area contributed by atoms with Crippen molar-refractivity contribution in [2.75, 3.05) is 0 Å². The van der Waals surface area contributed by atoms with E-state index in [2.05, 4.69) is 15.5 Å². The summed E-state index contributed by atoms with van der Waals surface area (Å²) in [5.41, 5.74) is 1.57. The summed E-state index contributed by atoms with van der Waals surface area (Å²) >= 11 is 0. The highest BCUT2D eigenvalue weighted by Gasteiger charge is 2.10. The van der Waals surface area contributed by atoms with Crippen LogP contribution in [0.3, 0.4) is 0 Å². The fourth-order valence-electron chi connectivity index (χ4n) is 1.69. The highest BCUT2D eigenvalue weighted by Crippen LogP contribution is 2.27. The third kappa shape index (κ3) is 2.95. The molecule has 2 rings (SSSR count). The molecule has 18 heavy (non-hydrogen) atoms. The fourth-order valence-corrected chi connectivity index (χ4v) is 1.69. The minimum Gasteiger partial charge on any atom is -0.508 e. The summed E-state index contributed by atoms with van der Waals surface area (Å²) in [6.45, 7) is 2.50. The van der Waals surface area contributed by atoms with Gasteiger partial charge in [0, 0.05) is 30.4 Å². The van der Waals surface area contributed by atoms with Crippen LogP contribution in [0.5, 0.6) is 11.5 Å². The molecule has 0 saturated carbocycles. The number of aromatic nitrogens is 2. The van der Waals surface area contributed by atoms with Gasteiger partial charge in [0.1, 0.15) is 11.5 Å². The molecule has 94 valence electrons. The maximum atomic E-state index is 9.73. The molecule has 1 atom stereocenters. The highest BCUT2D eigenvalue weighted by atomic mass is 16.3. The van der Waals surface area contributed by atoms with Crippen LogP contribution in [0.2, 0.25) is 0 Å². The van der Waals surface area contributed by atoms with Gasteiger partial charge < -0.3 is 15.5 Å². The summed E-state index contributed by atoms with van der Waals surface area (Å²) in [4.78, 5) is 0. The largest absolute Gasteiger partial charge is 0.508 e. The van der Waals surface area contributed by atoms with Gasteiger partial charge in [-0.3, -0.25) is 0 Å². The number of nitrogens with zero attached hydrogens (tertiary/aromatic N) is 2. The van der Waals surface area contributed by atoms with Crippen LogP contribution < -0.4 is 5.32 Å². The van der Waals surface area contributed by atoms with Crippen molar-refractivity contribution in [2.45, 2.75) is 19.5 Å². The first kappa shape index (κ1) is 12.3. The maximum absolute atomic E-state index is 9.73. The van der Waals surface area contributed by atoms with Gasteiger partial charge in [-0.2, -0.15) is 10.2 Å². The Kier molecular flexibility index (Phi) is 3.74. The van der Waals surface area contributed by atoms with Crippen molar-refractivity contribution in [1.82, 2.24) is 15.5 Å². The second-order valence-electron chi connectivity index (χ2n) is 4.06. The third-order valence-corrected chi connectivity index (χ3v) is 2.70. The lowest BCUT2D eigenvalue weighted by Crippen LogP contribution is -2.19. The summed E-state index contributed by atoms with van der Waals surface area (Å²) in [7, 11) is 0. The molecular weight excluding hydrogens is 230 g/mol. The maximum Gasteiger partial charge on any atom is 0.124 e. The Morgan fingerprint density at radius 2 is 2.11 bits per heavy atom. The van der Waals surface area contributed by atoms with Crippen molar-refractivity contribution < 1.29 is 10.2 Å². The average Bonchev–Trinajstić information content (AvgIpc) is 2.37. The zero-order chi connectivity index (χ0) is 13.0. The van der Waals surface area contributed by atoms with Crippen LogP contribution in [0.1, 0.15) is 24.2 Å². The van der Waals surface area contributed by atoms with Crippen molar-refractivity contribution in [2.24, 2.45) is 0 Å². The Hall–Kier alpha value is -2.14. The zero-order valence-electron chi connectivity index (χ0n) is 10.0. The average molecular weight is 245 g/mol. The summed E-state index contributed by atoms with van der Waals surface area (Å²) in [6.07, 6.45) is 1.62. The number of aromatic hydroxyl groups is 2. The molecule has 0 spiro atoms. The van der Waals surface area contributed by atoms with Gasteiger partial charge in [0.25, 0.3) is 0 Å². The Morgan fingerprint density at radius 1 is 1.28 bits per heavy atom. The van der Waals surface area contributed by atoms with Crippen molar-refractivity contribution >= 4 is 0 Å². The molecule has 1 aromatic heterocycles. The van der Waals surface area contributed by atoms with Crippen molar-refractivity contribution in [1.29, 1.82) is 0 Å². The molecule has 0 amide bonds. The van der Waals surface area contributed by atoms with Crippen LogP contribution in [-0.2, 0) is 6.54 Å². The number of phenolic OH excluding ortho intramolecular Hbond substituents is 2. The first-order valence-corrected chi connectivity index (χ1v) is 5.68. The highest BCUT2D eigenvalue weighted by molar-refractivity contribution is 5.40. The quantitative estimate of drug-likeness (QED) is 0.764. The van der Waals surface area contributed by atoms with E-state index in [1.165, 1.54) is 6.07 Å². The molecule has 0 aliphatic heterocycles. The predicted octanol–water partition coefficient (Wildman–Crippen LogP) is 1.74. The lowest BCUT2D eigenvalue weighted by molar-refractivity contribution is 0.435. The van der Waals surface area contributed by atoms with Crippen LogP contribution in [0.15, 0.2) is 36.5 Å². The monoisotopic (exact) mass is 245 g/mol. The van der Waals surface area contributed by atoms with E-state index in [0.717, 1.165) is 11.3 Å². The van der Waals surface area contributed by atoms with E-state index in [-0.39, 0.29) is 17.5 Å². The molecule has 0 radical (unpaired) electrons. The molecule has 0 fully saturated rings. The molecule has 1 unspecified atom stereocenters. The number of rotatable bonds is 4. The lowest BCUT2D eigenvalue weighted by atomic mass is 10.1. The van der Waals surface area contributed by atoms with Crippen LogP contribution in [0.25, 0.3) is 0 Å². The molecule has 0 aliphatic carbocycles. The van der Waals surface area contributed by atoms with Gasteiger partial charge >= 0.3 is 0 Å². The van der Waals surface area contributed by atoms with Gasteiger partial charge in [-0.1, -0.05) is 6.07 Å². The molecule has 0 saturated heterocycles. The first-order chi connectivity index (χ1) is 8.66. The van der Waals surface area contributed by atoms with Gasteiger partial charge in [0.15, 0.2) is 0 Å². The minimum atomic E-state index is -0.0485. The van der Waals surface area contributed by atoms with E-state index >= 15 is 0 Å². The molecular formula is C13H15N3O2. The van der Waals surface area contributed by atoms with Gasteiger partial charge in [-0.15, -0.1) is 0 Å². The fraction of sp³-hybridized carbons (Fsp3) is 0.231. The van der Waals surface area contributed by atoms with E-state index < -0.39 is 0 Å². The molecule has 0 aliphatic rings. The number of hydrogen-bond donors (Lipinski definition) is 3. The van der Waals surface area contributed by atoms with Crippen LogP contribution >= 0.6 is 0 Å². The summed E-state index contributed by atoms with van der Waals surface area (Å²) in [6, 6.07) is 8.23. The van der Waals surface area contributed by atoms with Crippen molar-refractivity contribution in [3.05, 3.63) is 47.8 Å². The molecule has 3 N–H and O–H groups in total. The van der Waals surface area contributed by atoms with Gasteiger partial charge in [0.05, 0.1) is 5.69 Å². The second-order valence-corrected chi connectivity index (χ2v) is 4.06. The molecule has 5 heteroatoms. The van der Waals surface area contributed by atoms with E-state index in [1.807, 2.05) is 19.1 Å². The Bertz CT molecular complexity index is 517.